The van der Waals surface area contributed by atoms with Gasteiger partial charge in [0.15, 0.2) is 6.29 Å². The standard InChI is InChI=1S/C16H21O2/c1-12(2)9-10-15-11-13(3)17-16(18-15)14-7-5-4-6-8-14/h4-10,12-13,15-16H,3,11H2,1-2H3/b10-9+/t13-,15+,16-/m1/s1. The van der Waals surface area contributed by atoms with Crippen LogP contribution < -0.4 is 0 Å². The van der Waals surface area contributed by atoms with Gasteiger partial charge in [-0.25, -0.2) is 0 Å². The highest BCUT2D eigenvalue weighted by Crippen LogP contribution is 2.30. The van der Waals surface area contributed by atoms with Crippen LogP contribution in [0.2, 0.25) is 0 Å². The van der Waals surface area contributed by atoms with Crippen LogP contribution in [0.4, 0.5) is 0 Å². The molecule has 1 heterocycles. The zero-order valence-electron chi connectivity index (χ0n) is 11.1. The second-order valence-electron chi connectivity index (χ2n) is 5.04. The smallest absolute Gasteiger partial charge is 0.184 e. The molecule has 18 heavy (non-hydrogen) atoms. The number of ether oxygens (including phenoxy) is 2. The fourth-order valence-corrected chi connectivity index (χ4v) is 1.97. The van der Waals surface area contributed by atoms with Crippen molar-refractivity contribution in [2.45, 2.75) is 38.8 Å². The summed E-state index contributed by atoms with van der Waals surface area (Å²) in [6.45, 7) is 8.33. The van der Waals surface area contributed by atoms with Crippen LogP contribution >= 0.6 is 0 Å². The molecule has 0 saturated carbocycles. The van der Waals surface area contributed by atoms with Crippen LogP contribution in [0.15, 0.2) is 42.5 Å². The van der Waals surface area contributed by atoms with E-state index in [0.29, 0.717) is 5.92 Å². The Bertz CT molecular complexity index is 383. The van der Waals surface area contributed by atoms with Crippen molar-refractivity contribution in [3.63, 3.8) is 0 Å². The van der Waals surface area contributed by atoms with Crippen molar-refractivity contribution in [1.82, 2.24) is 0 Å². The molecule has 0 aliphatic carbocycles. The summed E-state index contributed by atoms with van der Waals surface area (Å²) < 4.78 is 11.7. The van der Waals surface area contributed by atoms with E-state index in [4.69, 9.17) is 9.47 Å². The van der Waals surface area contributed by atoms with Crippen LogP contribution in [-0.2, 0) is 9.47 Å². The van der Waals surface area contributed by atoms with Crippen LogP contribution in [0.3, 0.4) is 0 Å². The van der Waals surface area contributed by atoms with Crippen molar-refractivity contribution in [3.05, 3.63) is 55.0 Å². The van der Waals surface area contributed by atoms with E-state index >= 15 is 0 Å². The third kappa shape index (κ3) is 3.69. The molecule has 1 saturated heterocycles. The van der Waals surface area contributed by atoms with Crippen LogP contribution in [0.5, 0.6) is 0 Å². The van der Waals surface area contributed by atoms with Gasteiger partial charge in [-0.15, -0.1) is 0 Å². The van der Waals surface area contributed by atoms with Gasteiger partial charge in [-0.3, -0.25) is 0 Å². The van der Waals surface area contributed by atoms with Gasteiger partial charge < -0.3 is 9.47 Å². The Morgan fingerprint density at radius 3 is 2.61 bits per heavy atom. The lowest BCUT2D eigenvalue weighted by Gasteiger charge is -2.33. The van der Waals surface area contributed by atoms with Gasteiger partial charge in [0, 0.05) is 12.0 Å². The first-order valence-corrected chi connectivity index (χ1v) is 6.52. The molecule has 0 bridgehead atoms. The summed E-state index contributed by atoms with van der Waals surface area (Å²) in [6, 6.07) is 10.0. The molecule has 1 aromatic carbocycles. The number of hydrogen-bond donors (Lipinski definition) is 0. The molecule has 0 aromatic heterocycles. The second kappa shape index (κ2) is 6.17. The lowest BCUT2D eigenvalue weighted by Crippen LogP contribution is -2.31. The Hall–Kier alpha value is -1.12. The van der Waals surface area contributed by atoms with Crippen molar-refractivity contribution in [2.75, 3.05) is 0 Å². The van der Waals surface area contributed by atoms with Gasteiger partial charge in [0.1, 0.15) is 0 Å². The normalized spacial score (nSPS) is 29.0. The molecule has 1 radical (unpaired) electrons. The molecule has 3 atom stereocenters. The summed E-state index contributed by atoms with van der Waals surface area (Å²) in [4.78, 5) is 0. The minimum absolute atomic E-state index is 0.0224. The quantitative estimate of drug-likeness (QED) is 0.752. The van der Waals surface area contributed by atoms with E-state index in [0.717, 1.165) is 12.0 Å². The van der Waals surface area contributed by atoms with Gasteiger partial charge >= 0.3 is 0 Å². The molecule has 1 aliphatic heterocycles. The van der Waals surface area contributed by atoms with Crippen LogP contribution in [0, 0.1) is 12.8 Å². The molecule has 0 amide bonds. The highest BCUT2D eigenvalue weighted by molar-refractivity contribution is 5.16. The zero-order valence-corrected chi connectivity index (χ0v) is 11.1. The first-order valence-electron chi connectivity index (χ1n) is 6.52. The molecule has 97 valence electrons. The maximum atomic E-state index is 5.94. The molecule has 0 N–H and O–H groups in total. The monoisotopic (exact) mass is 245 g/mol. The Kier molecular flexibility index (Phi) is 4.56. The predicted octanol–water partition coefficient (Wildman–Crippen LogP) is 3.91. The molecule has 1 fully saturated rings. The van der Waals surface area contributed by atoms with Crippen molar-refractivity contribution in [2.24, 2.45) is 5.92 Å². The minimum atomic E-state index is -0.302. The fraction of sp³-hybridized carbons (Fsp3) is 0.438. The molecular weight excluding hydrogens is 224 g/mol. The molecule has 0 spiro atoms. The van der Waals surface area contributed by atoms with Crippen LogP contribution in [0.1, 0.15) is 32.1 Å². The second-order valence-corrected chi connectivity index (χ2v) is 5.04. The minimum Gasteiger partial charge on any atom is -0.345 e. The average molecular weight is 245 g/mol. The summed E-state index contributed by atoms with van der Waals surface area (Å²) >= 11 is 0. The average Bonchev–Trinajstić information content (AvgIpc) is 2.37. The van der Waals surface area contributed by atoms with Gasteiger partial charge in [-0.2, -0.15) is 0 Å². The zero-order chi connectivity index (χ0) is 13.0. The van der Waals surface area contributed by atoms with Gasteiger partial charge in [0.25, 0.3) is 0 Å². The van der Waals surface area contributed by atoms with Gasteiger partial charge in [0.2, 0.25) is 0 Å². The van der Waals surface area contributed by atoms with Crippen LogP contribution in [-0.4, -0.2) is 12.2 Å². The number of benzene rings is 1. The Morgan fingerprint density at radius 2 is 1.94 bits per heavy atom. The molecular formula is C16H21O2. The van der Waals surface area contributed by atoms with E-state index < -0.39 is 0 Å². The van der Waals surface area contributed by atoms with Crippen LogP contribution in [0.25, 0.3) is 0 Å². The van der Waals surface area contributed by atoms with Gasteiger partial charge in [0.05, 0.1) is 12.2 Å². The third-order valence-electron chi connectivity index (χ3n) is 2.89. The maximum Gasteiger partial charge on any atom is 0.184 e. The number of allylic oxidation sites excluding steroid dienone is 1. The fourth-order valence-electron chi connectivity index (χ4n) is 1.97. The highest BCUT2D eigenvalue weighted by Gasteiger charge is 2.27. The first-order chi connectivity index (χ1) is 8.65. The molecule has 2 heteroatoms. The maximum absolute atomic E-state index is 5.94. The van der Waals surface area contributed by atoms with Crippen molar-refractivity contribution >= 4 is 0 Å². The Balaban J connectivity index is 2.05. The predicted molar refractivity (Wildman–Crippen MR) is 72.9 cm³/mol. The van der Waals surface area contributed by atoms with Crippen molar-refractivity contribution < 1.29 is 9.47 Å². The molecule has 0 unspecified atom stereocenters. The molecule has 2 nitrogen and oxygen atoms in total. The van der Waals surface area contributed by atoms with Crippen molar-refractivity contribution in [1.29, 1.82) is 0 Å². The summed E-state index contributed by atoms with van der Waals surface area (Å²) in [7, 11) is 0. The molecule has 1 aliphatic rings. The summed E-state index contributed by atoms with van der Waals surface area (Å²) in [5, 5.41) is 0. The topological polar surface area (TPSA) is 18.5 Å². The van der Waals surface area contributed by atoms with E-state index in [1.54, 1.807) is 0 Å². The van der Waals surface area contributed by atoms with E-state index in [2.05, 4.69) is 32.9 Å². The summed E-state index contributed by atoms with van der Waals surface area (Å²) in [6.07, 6.45) is 4.88. The first kappa shape index (κ1) is 13.3. The molecule has 1 aromatic rings. The third-order valence-corrected chi connectivity index (χ3v) is 2.89. The van der Waals surface area contributed by atoms with Gasteiger partial charge in [-0.1, -0.05) is 56.3 Å². The summed E-state index contributed by atoms with van der Waals surface area (Å²) in [5.41, 5.74) is 1.05. The largest absolute Gasteiger partial charge is 0.345 e. The number of hydrogen-bond acceptors (Lipinski definition) is 2. The van der Waals surface area contributed by atoms with E-state index in [9.17, 15) is 0 Å². The Labute approximate surface area is 110 Å². The van der Waals surface area contributed by atoms with E-state index in [-0.39, 0.29) is 18.5 Å². The molecule has 2 rings (SSSR count). The SMILES string of the molecule is [CH2][C@@H]1C[C@H](/C=C/C(C)C)O[C@H](c2ccccc2)O1. The summed E-state index contributed by atoms with van der Waals surface area (Å²) in [5.74, 6) is 0.537. The number of rotatable bonds is 3. The lowest BCUT2D eigenvalue weighted by atomic mass is 10.1. The highest BCUT2D eigenvalue weighted by atomic mass is 16.7. The van der Waals surface area contributed by atoms with E-state index in [1.807, 2.05) is 30.3 Å². The van der Waals surface area contributed by atoms with Gasteiger partial charge in [-0.05, 0) is 12.8 Å². The van der Waals surface area contributed by atoms with E-state index in [1.165, 1.54) is 0 Å². The van der Waals surface area contributed by atoms with Crippen molar-refractivity contribution in [3.8, 4) is 0 Å². The lowest BCUT2D eigenvalue weighted by molar-refractivity contribution is -0.226. The Morgan fingerprint density at radius 1 is 1.22 bits per heavy atom.